The van der Waals surface area contributed by atoms with Crippen molar-refractivity contribution in [1.29, 1.82) is 0 Å². The Kier molecular flexibility index (Phi) is 9.51. The van der Waals surface area contributed by atoms with Crippen LogP contribution in [0.2, 0.25) is 0 Å². The van der Waals surface area contributed by atoms with Gasteiger partial charge in [-0.15, -0.1) is 0 Å². The van der Waals surface area contributed by atoms with Gasteiger partial charge in [-0.25, -0.2) is 4.98 Å². The SMILES string of the molecule is CC.CCn1nc(C2CCC2)c2cc(N3CCN(C(=O)Cc4ncn[nH]4)CC3)ccc21.Cc1ccccc1. The molecule has 1 aliphatic heterocycles. The zero-order chi connectivity index (χ0) is 26.9. The molecule has 8 heteroatoms. The molecule has 1 aliphatic carbocycles. The molecule has 0 spiro atoms. The maximum absolute atomic E-state index is 12.5. The number of H-pyrrole nitrogens is 1. The van der Waals surface area contributed by atoms with Gasteiger partial charge in [-0.2, -0.15) is 10.2 Å². The smallest absolute Gasteiger partial charge is 0.230 e. The molecule has 38 heavy (non-hydrogen) atoms. The molecule has 0 atom stereocenters. The summed E-state index contributed by atoms with van der Waals surface area (Å²) in [5.41, 5.74) is 5.06. The number of hydrogen-bond donors (Lipinski definition) is 1. The highest BCUT2D eigenvalue weighted by atomic mass is 16.2. The predicted octanol–water partition coefficient (Wildman–Crippen LogP) is 5.35. The highest BCUT2D eigenvalue weighted by Crippen LogP contribution is 2.40. The van der Waals surface area contributed by atoms with Gasteiger partial charge in [0.2, 0.25) is 5.91 Å². The second-order valence-corrected chi connectivity index (χ2v) is 9.66. The quantitative estimate of drug-likeness (QED) is 0.387. The van der Waals surface area contributed by atoms with Crippen molar-refractivity contribution in [3.8, 4) is 0 Å². The van der Waals surface area contributed by atoms with E-state index in [1.54, 1.807) is 0 Å². The number of benzene rings is 2. The predicted molar refractivity (Wildman–Crippen MR) is 153 cm³/mol. The molecule has 202 valence electrons. The molecule has 2 fully saturated rings. The van der Waals surface area contributed by atoms with E-state index in [0.717, 1.165) is 32.7 Å². The Hall–Kier alpha value is -3.68. The Balaban J connectivity index is 0.000000321. The molecule has 4 aromatic rings. The average molecular weight is 516 g/mol. The van der Waals surface area contributed by atoms with Crippen molar-refractivity contribution in [1.82, 2.24) is 29.9 Å². The lowest BCUT2D eigenvalue weighted by atomic mass is 9.82. The van der Waals surface area contributed by atoms with E-state index in [9.17, 15) is 4.79 Å². The minimum Gasteiger partial charge on any atom is -0.368 e. The molecule has 1 saturated carbocycles. The summed E-state index contributed by atoms with van der Waals surface area (Å²) in [6, 6.07) is 17.0. The Bertz CT molecular complexity index is 1270. The number of aryl methyl sites for hydroxylation is 2. The van der Waals surface area contributed by atoms with Crippen LogP contribution in [-0.2, 0) is 17.8 Å². The Labute approximate surface area is 226 Å². The van der Waals surface area contributed by atoms with Gasteiger partial charge >= 0.3 is 0 Å². The third kappa shape index (κ3) is 6.41. The number of aromatic nitrogens is 5. The van der Waals surface area contributed by atoms with Crippen molar-refractivity contribution >= 4 is 22.5 Å². The van der Waals surface area contributed by atoms with Gasteiger partial charge in [0.05, 0.1) is 17.6 Å². The van der Waals surface area contributed by atoms with Crippen molar-refractivity contribution < 1.29 is 4.79 Å². The highest BCUT2D eigenvalue weighted by molar-refractivity contribution is 5.86. The summed E-state index contributed by atoms with van der Waals surface area (Å²) in [5, 5.41) is 12.8. The van der Waals surface area contributed by atoms with Crippen molar-refractivity contribution in [2.45, 2.75) is 65.8 Å². The topological polar surface area (TPSA) is 82.9 Å². The van der Waals surface area contributed by atoms with Crippen LogP contribution >= 0.6 is 0 Å². The zero-order valence-corrected chi connectivity index (χ0v) is 23.2. The molecule has 0 bridgehead atoms. The minimum atomic E-state index is 0.105. The minimum absolute atomic E-state index is 0.105. The molecular formula is C30H41N7O. The van der Waals surface area contributed by atoms with Gasteiger partial charge in [0.25, 0.3) is 0 Å². The lowest BCUT2D eigenvalue weighted by Crippen LogP contribution is -2.49. The Morgan fingerprint density at radius 2 is 1.76 bits per heavy atom. The zero-order valence-electron chi connectivity index (χ0n) is 23.2. The number of nitrogens with zero attached hydrogens (tertiary/aromatic N) is 6. The van der Waals surface area contributed by atoms with Crippen LogP contribution in [0, 0.1) is 6.92 Å². The van der Waals surface area contributed by atoms with Crippen LogP contribution in [-0.4, -0.2) is 61.9 Å². The molecule has 2 aromatic carbocycles. The van der Waals surface area contributed by atoms with Crippen molar-refractivity contribution in [2.75, 3.05) is 31.1 Å². The number of hydrogen-bond acceptors (Lipinski definition) is 5. The molecule has 1 saturated heterocycles. The van der Waals surface area contributed by atoms with Crippen molar-refractivity contribution in [3.63, 3.8) is 0 Å². The summed E-state index contributed by atoms with van der Waals surface area (Å²) in [6.45, 7) is 12.3. The van der Waals surface area contributed by atoms with Gasteiger partial charge in [-0.1, -0.05) is 56.2 Å². The van der Waals surface area contributed by atoms with Crippen LogP contribution in [0.5, 0.6) is 0 Å². The fourth-order valence-electron chi connectivity index (χ4n) is 4.93. The van der Waals surface area contributed by atoms with Gasteiger partial charge in [-0.3, -0.25) is 14.6 Å². The molecule has 1 amide bonds. The van der Waals surface area contributed by atoms with Crippen molar-refractivity contribution in [3.05, 3.63) is 71.9 Å². The standard InChI is InChI=1S/C21H27N7O.C7H8.C2H6/c1-2-28-18-7-6-16(12-17(18)21(25-28)15-4-3-5-15)26-8-10-27(11-9-26)20(29)13-19-22-14-23-24-19;1-7-5-3-2-4-6-7;1-2/h6-7,12,14-15H,2-5,8-11,13H2,1H3,(H,22,23,24);2-6H,1H3;1-2H3. The first-order chi connectivity index (χ1) is 18.6. The van der Waals surface area contributed by atoms with E-state index in [1.807, 2.05) is 36.9 Å². The highest BCUT2D eigenvalue weighted by Gasteiger charge is 2.27. The maximum atomic E-state index is 12.5. The lowest BCUT2D eigenvalue weighted by Gasteiger charge is -2.36. The van der Waals surface area contributed by atoms with Crippen LogP contribution < -0.4 is 4.90 Å². The molecule has 2 aromatic heterocycles. The van der Waals surface area contributed by atoms with E-state index < -0.39 is 0 Å². The normalized spacial score (nSPS) is 15.3. The van der Waals surface area contributed by atoms with Crippen LogP contribution in [0.25, 0.3) is 10.9 Å². The van der Waals surface area contributed by atoms with E-state index in [-0.39, 0.29) is 12.3 Å². The summed E-state index contributed by atoms with van der Waals surface area (Å²) in [5.74, 6) is 1.35. The molecule has 3 heterocycles. The molecule has 6 rings (SSSR count). The number of anilines is 1. The lowest BCUT2D eigenvalue weighted by molar-refractivity contribution is -0.130. The number of piperazine rings is 1. The number of carbonyl (C=O) groups is 1. The summed E-state index contributed by atoms with van der Waals surface area (Å²) >= 11 is 0. The number of fused-ring (bicyclic) bond motifs is 1. The van der Waals surface area contributed by atoms with Gasteiger partial charge in [-0.05, 0) is 44.9 Å². The summed E-state index contributed by atoms with van der Waals surface area (Å²) in [7, 11) is 0. The third-order valence-corrected chi connectivity index (χ3v) is 7.28. The first-order valence-electron chi connectivity index (χ1n) is 14.0. The van der Waals surface area contributed by atoms with Crippen molar-refractivity contribution in [2.24, 2.45) is 0 Å². The maximum Gasteiger partial charge on any atom is 0.230 e. The molecular weight excluding hydrogens is 474 g/mol. The van der Waals surface area contributed by atoms with Gasteiger partial charge in [0.15, 0.2) is 0 Å². The molecule has 0 radical (unpaired) electrons. The van der Waals surface area contributed by atoms with Gasteiger partial charge in [0, 0.05) is 49.7 Å². The first-order valence-corrected chi connectivity index (χ1v) is 14.0. The fourth-order valence-corrected chi connectivity index (χ4v) is 4.93. The first kappa shape index (κ1) is 27.4. The monoisotopic (exact) mass is 515 g/mol. The van der Waals surface area contributed by atoms with E-state index in [0.29, 0.717) is 11.7 Å². The summed E-state index contributed by atoms with van der Waals surface area (Å²) < 4.78 is 2.13. The molecule has 0 unspecified atom stereocenters. The summed E-state index contributed by atoms with van der Waals surface area (Å²) in [4.78, 5) is 20.8. The molecule has 1 N–H and O–H groups in total. The number of nitrogens with one attached hydrogen (secondary N) is 1. The second-order valence-electron chi connectivity index (χ2n) is 9.66. The van der Waals surface area contributed by atoms with E-state index in [2.05, 4.69) is 68.9 Å². The van der Waals surface area contributed by atoms with Crippen LogP contribution in [0.1, 0.15) is 63.0 Å². The fraction of sp³-hybridized carbons (Fsp3) is 0.467. The Morgan fingerprint density at radius 3 is 2.32 bits per heavy atom. The van der Waals surface area contributed by atoms with E-state index in [4.69, 9.17) is 5.10 Å². The number of amides is 1. The van der Waals surface area contributed by atoms with E-state index >= 15 is 0 Å². The number of aromatic amines is 1. The number of carbonyl (C=O) groups excluding carboxylic acids is 1. The summed E-state index contributed by atoms with van der Waals surface area (Å²) in [6.07, 6.45) is 5.55. The van der Waals surface area contributed by atoms with Crippen LogP contribution in [0.3, 0.4) is 0 Å². The second kappa shape index (κ2) is 13.2. The van der Waals surface area contributed by atoms with Gasteiger partial charge in [0.1, 0.15) is 12.2 Å². The van der Waals surface area contributed by atoms with Gasteiger partial charge < -0.3 is 9.80 Å². The van der Waals surface area contributed by atoms with Crippen LogP contribution in [0.15, 0.2) is 54.9 Å². The average Bonchev–Trinajstić information content (AvgIpc) is 3.57. The number of rotatable bonds is 5. The largest absolute Gasteiger partial charge is 0.368 e. The van der Waals surface area contributed by atoms with E-state index in [1.165, 1.54) is 53.4 Å². The molecule has 8 nitrogen and oxygen atoms in total. The van der Waals surface area contributed by atoms with Crippen LogP contribution in [0.4, 0.5) is 5.69 Å². The molecule has 2 aliphatic rings. The third-order valence-electron chi connectivity index (χ3n) is 7.28. The Morgan fingerprint density at radius 1 is 1.03 bits per heavy atom.